The summed E-state index contributed by atoms with van der Waals surface area (Å²) in [6.07, 6.45) is 3.09. The van der Waals surface area contributed by atoms with Crippen LogP contribution in [0.3, 0.4) is 0 Å². The van der Waals surface area contributed by atoms with E-state index in [1.807, 2.05) is 0 Å². The molecule has 0 aromatic carbocycles. The number of amides is 1. The first-order valence-electron chi connectivity index (χ1n) is 2.99. The Labute approximate surface area is 63.1 Å². The van der Waals surface area contributed by atoms with Crippen LogP contribution in [-0.2, 0) is 16.2 Å². The Balaban J connectivity index is 2.37. The maximum atomic E-state index is 10.8. The fourth-order valence-electron chi connectivity index (χ4n) is 0.610. The van der Waals surface area contributed by atoms with Crippen LogP contribution in [0.2, 0.25) is 0 Å². The zero-order valence-electron chi connectivity index (χ0n) is 6.02. The minimum atomic E-state index is -0.266. The van der Waals surface area contributed by atoms with Crippen LogP contribution < -0.4 is 5.48 Å². The van der Waals surface area contributed by atoms with E-state index in [-0.39, 0.29) is 12.5 Å². The smallest absolute Gasteiger partial charge is 0.265 e. The monoisotopic (exact) mass is 156 g/mol. The first-order chi connectivity index (χ1) is 5.33. The lowest BCUT2D eigenvalue weighted by Gasteiger charge is -1.99. The predicted molar refractivity (Wildman–Crippen MR) is 35.2 cm³/mol. The number of hydrogen-bond donors (Lipinski definition) is 1. The van der Waals surface area contributed by atoms with E-state index in [4.69, 9.17) is 0 Å². The average molecular weight is 156 g/mol. The van der Waals surface area contributed by atoms with Crippen LogP contribution in [0, 0.1) is 0 Å². The van der Waals surface area contributed by atoms with Crippen molar-refractivity contribution in [3.05, 3.63) is 12.4 Å². The number of hydroxylamine groups is 1. The quantitative estimate of drug-likeness (QED) is 0.567. The van der Waals surface area contributed by atoms with Gasteiger partial charge in [-0.15, -0.1) is 5.10 Å². The van der Waals surface area contributed by atoms with Crippen molar-refractivity contribution in [3.63, 3.8) is 0 Å². The van der Waals surface area contributed by atoms with Crippen LogP contribution in [0.25, 0.3) is 0 Å². The van der Waals surface area contributed by atoms with Gasteiger partial charge in [0, 0.05) is 6.20 Å². The molecule has 0 unspecified atom stereocenters. The minimum Gasteiger partial charge on any atom is -0.277 e. The molecular weight excluding hydrogens is 148 g/mol. The van der Waals surface area contributed by atoms with Crippen molar-refractivity contribution in [3.8, 4) is 0 Å². The number of aromatic nitrogens is 3. The molecule has 0 saturated carbocycles. The van der Waals surface area contributed by atoms with Gasteiger partial charge in [0.2, 0.25) is 0 Å². The molecule has 0 fully saturated rings. The molecule has 0 bridgehead atoms. The zero-order chi connectivity index (χ0) is 8.10. The van der Waals surface area contributed by atoms with Gasteiger partial charge in [-0.25, -0.2) is 10.2 Å². The Morgan fingerprint density at radius 3 is 3.18 bits per heavy atom. The largest absolute Gasteiger partial charge is 0.277 e. The van der Waals surface area contributed by atoms with E-state index in [9.17, 15) is 4.79 Å². The van der Waals surface area contributed by atoms with Crippen molar-refractivity contribution in [1.29, 1.82) is 0 Å². The lowest BCUT2D eigenvalue weighted by atomic mass is 10.6. The molecule has 11 heavy (non-hydrogen) atoms. The SMILES string of the molecule is CONC(=O)Cn1ccnn1. The average Bonchev–Trinajstić information content (AvgIpc) is 2.40. The third kappa shape index (κ3) is 2.34. The van der Waals surface area contributed by atoms with Crippen molar-refractivity contribution >= 4 is 5.91 Å². The molecule has 0 atom stereocenters. The number of nitrogens with one attached hydrogen (secondary N) is 1. The summed E-state index contributed by atoms with van der Waals surface area (Å²) in [6, 6.07) is 0. The molecular formula is C5H8N4O2. The summed E-state index contributed by atoms with van der Waals surface area (Å²) >= 11 is 0. The fourth-order valence-corrected chi connectivity index (χ4v) is 0.610. The molecule has 60 valence electrons. The Kier molecular flexibility index (Phi) is 2.56. The lowest BCUT2D eigenvalue weighted by Crippen LogP contribution is -2.26. The van der Waals surface area contributed by atoms with Gasteiger partial charge in [-0.1, -0.05) is 5.21 Å². The van der Waals surface area contributed by atoms with Crippen molar-refractivity contribution in [2.24, 2.45) is 0 Å². The summed E-state index contributed by atoms with van der Waals surface area (Å²) < 4.78 is 1.40. The molecule has 6 nitrogen and oxygen atoms in total. The predicted octanol–water partition coefficient (Wildman–Crippen LogP) is -1.04. The van der Waals surface area contributed by atoms with Gasteiger partial charge in [0.25, 0.3) is 5.91 Å². The van der Waals surface area contributed by atoms with E-state index < -0.39 is 0 Å². The van der Waals surface area contributed by atoms with Crippen LogP contribution in [0.5, 0.6) is 0 Å². The van der Waals surface area contributed by atoms with Gasteiger partial charge in [0.05, 0.1) is 13.3 Å². The van der Waals surface area contributed by atoms with Crippen molar-refractivity contribution in [2.45, 2.75) is 6.54 Å². The number of hydrogen-bond acceptors (Lipinski definition) is 4. The normalized spacial score (nSPS) is 9.55. The molecule has 0 radical (unpaired) electrons. The third-order valence-electron chi connectivity index (χ3n) is 0.993. The van der Waals surface area contributed by atoms with Gasteiger partial charge >= 0.3 is 0 Å². The van der Waals surface area contributed by atoms with Crippen molar-refractivity contribution in [1.82, 2.24) is 20.5 Å². The molecule has 1 N–H and O–H groups in total. The summed E-state index contributed by atoms with van der Waals surface area (Å²) in [5, 5.41) is 7.12. The highest BCUT2D eigenvalue weighted by molar-refractivity contribution is 5.74. The highest BCUT2D eigenvalue weighted by Gasteiger charge is 2.00. The van der Waals surface area contributed by atoms with Crippen molar-refractivity contribution < 1.29 is 9.63 Å². The Hall–Kier alpha value is -1.43. The van der Waals surface area contributed by atoms with Gasteiger partial charge < -0.3 is 0 Å². The number of nitrogens with zero attached hydrogens (tertiary/aromatic N) is 3. The molecule has 0 aliphatic carbocycles. The van der Waals surface area contributed by atoms with Gasteiger partial charge in [-0.2, -0.15) is 0 Å². The van der Waals surface area contributed by atoms with E-state index in [1.54, 1.807) is 6.20 Å². The highest BCUT2D eigenvalue weighted by Crippen LogP contribution is 1.79. The van der Waals surface area contributed by atoms with E-state index in [2.05, 4.69) is 20.6 Å². The van der Waals surface area contributed by atoms with Crippen LogP contribution in [0.1, 0.15) is 0 Å². The summed E-state index contributed by atoms with van der Waals surface area (Å²) in [5.41, 5.74) is 2.16. The lowest BCUT2D eigenvalue weighted by molar-refractivity contribution is -0.132. The second-order valence-electron chi connectivity index (χ2n) is 1.83. The van der Waals surface area contributed by atoms with Gasteiger partial charge in [-0.05, 0) is 0 Å². The molecule has 1 amide bonds. The third-order valence-corrected chi connectivity index (χ3v) is 0.993. The molecule has 1 aromatic heterocycles. The first kappa shape index (κ1) is 7.67. The van der Waals surface area contributed by atoms with Crippen LogP contribution in [0.15, 0.2) is 12.4 Å². The second-order valence-corrected chi connectivity index (χ2v) is 1.83. The number of carbonyl (C=O) groups excluding carboxylic acids is 1. The van der Waals surface area contributed by atoms with Gasteiger partial charge in [0.1, 0.15) is 6.54 Å². The van der Waals surface area contributed by atoms with E-state index in [0.717, 1.165) is 0 Å². The molecule has 1 heterocycles. The van der Waals surface area contributed by atoms with Gasteiger partial charge in [-0.3, -0.25) is 9.63 Å². The Morgan fingerprint density at radius 1 is 1.82 bits per heavy atom. The zero-order valence-corrected chi connectivity index (χ0v) is 6.02. The fraction of sp³-hybridized carbons (Fsp3) is 0.400. The summed E-state index contributed by atoms with van der Waals surface area (Å²) in [6.45, 7) is 0.119. The maximum Gasteiger partial charge on any atom is 0.265 e. The van der Waals surface area contributed by atoms with Crippen molar-refractivity contribution in [2.75, 3.05) is 7.11 Å². The first-order valence-corrected chi connectivity index (χ1v) is 2.99. The molecule has 1 aromatic rings. The summed E-state index contributed by atoms with van der Waals surface area (Å²) in [7, 11) is 1.37. The summed E-state index contributed by atoms with van der Waals surface area (Å²) in [5.74, 6) is -0.266. The topological polar surface area (TPSA) is 69.0 Å². The van der Waals surface area contributed by atoms with E-state index in [0.29, 0.717) is 0 Å². The van der Waals surface area contributed by atoms with Crippen LogP contribution in [0.4, 0.5) is 0 Å². The summed E-state index contributed by atoms with van der Waals surface area (Å²) in [4.78, 5) is 15.2. The van der Waals surface area contributed by atoms with Crippen LogP contribution >= 0.6 is 0 Å². The van der Waals surface area contributed by atoms with Crippen LogP contribution in [-0.4, -0.2) is 28.0 Å². The standard InChI is InChI=1S/C5H8N4O2/c1-11-7-5(10)4-9-3-2-6-8-9/h2-3H,4H2,1H3,(H,7,10). The Bertz CT molecular complexity index is 220. The number of carbonyl (C=O) groups is 1. The second kappa shape index (κ2) is 3.67. The molecule has 0 saturated heterocycles. The number of rotatable bonds is 3. The molecule has 0 aliphatic heterocycles. The molecule has 0 spiro atoms. The van der Waals surface area contributed by atoms with Gasteiger partial charge in [0.15, 0.2) is 0 Å². The van der Waals surface area contributed by atoms with E-state index >= 15 is 0 Å². The Morgan fingerprint density at radius 2 is 2.64 bits per heavy atom. The minimum absolute atomic E-state index is 0.119. The molecule has 6 heteroatoms. The maximum absolute atomic E-state index is 10.8. The van der Waals surface area contributed by atoms with E-state index in [1.165, 1.54) is 18.0 Å². The highest BCUT2D eigenvalue weighted by atomic mass is 16.6. The molecule has 0 aliphatic rings. The molecule has 1 rings (SSSR count).